The van der Waals surface area contributed by atoms with Crippen molar-refractivity contribution in [2.24, 2.45) is 0 Å². The highest BCUT2D eigenvalue weighted by atomic mass is 32.2. The second-order valence-corrected chi connectivity index (χ2v) is 3.07. The molecule has 0 fully saturated rings. The summed E-state index contributed by atoms with van der Waals surface area (Å²) < 4.78 is 22.6. The highest BCUT2D eigenvalue weighted by Gasteiger charge is 2.02. The van der Waals surface area contributed by atoms with Gasteiger partial charge in [-0.15, -0.1) is 0 Å². The van der Waals surface area contributed by atoms with Gasteiger partial charge in [0.2, 0.25) is 10.9 Å². The van der Waals surface area contributed by atoms with E-state index in [-0.39, 0.29) is 6.04 Å². The summed E-state index contributed by atoms with van der Waals surface area (Å²) in [6, 6.07) is -0.309. The molecule has 0 amide bonds. The average molecular weight is 178 g/mol. The lowest BCUT2D eigenvalue weighted by Gasteiger charge is -2.06. The number of unbranched alkanes of at least 4 members (excludes halogenated alkanes) is 1. The summed E-state index contributed by atoms with van der Waals surface area (Å²) in [7, 11) is -2.56. The maximum Gasteiger partial charge on any atom is 0.202 e. The molecule has 11 heavy (non-hydrogen) atoms. The molecule has 66 valence electrons. The quantitative estimate of drug-likeness (QED) is 0.404. The molecule has 0 bridgehead atoms. The van der Waals surface area contributed by atoms with Crippen molar-refractivity contribution in [3.8, 4) is 0 Å². The van der Waals surface area contributed by atoms with E-state index in [1.54, 1.807) is 0 Å². The van der Waals surface area contributed by atoms with Crippen LogP contribution in [0, 0.1) is 5.41 Å². The topological polar surface area (TPSA) is 70.0 Å². The molecule has 0 heterocycles. The molecule has 2 N–H and O–H groups in total. The fourth-order valence-corrected chi connectivity index (χ4v) is 1.22. The standard InChI is InChI=1S/C6H14N2O2S/c1-2-3-4-6(5-7)8-11(9)10/h5-7,11H,2-4H2,1H3,(H,8,9,10). The van der Waals surface area contributed by atoms with Crippen LogP contribution in [0.4, 0.5) is 0 Å². The third-order valence-corrected chi connectivity index (χ3v) is 1.88. The molecule has 0 saturated heterocycles. The first-order valence-corrected chi connectivity index (χ1v) is 4.79. The monoisotopic (exact) mass is 178 g/mol. The molecule has 0 saturated carbocycles. The fourth-order valence-electron chi connectivity index (χ4n) is 0.745. The molecule has 0 aliphatic heterocycles. The van der Waals surface area contributed by atoms with Crippen LogP contribution in [0.25, 0.3) is 0 Å². The van der Waals surface area contributed by atoms with Gasteiger partial charge in [0, 0.05) is 6.21 Å². The van der Waals surface area contributed by atoms with E-state index in [4.69, 9.17) is 5.41 Å². The van der Waals surface area contributed by atoms with Crippen LogP contribution in [0.15, 0.2) is 0 Å². The van der Waals surface area contributed by atoms with E-state index in [0.29, 0.717) is 6.42 Å². The van der Waals surface area contributed by atoms with Gasteiger partial charge in [0.05, 0.1) is 6.04 Å². The Morgan fingerprint density at radius 1 is 1.64 bits per heavy atom. The van der Waals surface area contributed by atoms with E-state index in [0.717, 1.165) is 19.1 Å². The maximum atomic E-state index is 10.2. The van der Waals surface area contributed by atoms with E-state index in [9.17, 15) is 8.42 Å². The van der Waals surface area contributed by atoms with Gasteiger partial charge in [-0.05, 0) is 6.42 Å². The Morgan fingerprint density at radius 2 is 2.27 bits per heavy atom. The molecule has 1 unspecified atom stereocenters. The first-order chi connectivity index (χ1) is 5.20. The Morgan fingerprint density at radius 3 is 2.64 bits per heavy atom. The molecule has 0 rings (SSSR count). The van der Waals surface area contributed by atoms with Gasteiger partial charge >= 0.3 is 0 Å². The molecule has 1 atom stereocenters. The molecular weight excluding hydrogens is 164 g/mol. The highest BCUT2D eigenvalue weighted by Crippen LogP contribution is 1.97. The zero-order chi connectivity index (χ0) is 8.69. The third kappa shape index (κ3) is 6.00. The van der Waals surface area contributed by atoms with Crippen LogP contribution in [-0.4, -0.2) is 20.7 Å². The normalized spacial score (nSPS) is 13.3. The summed E-state index contributed by atoms with van der Waals surface area (Å²) in [5.74, 6) is 0. The minimum absolute atomic E-state index is 0.309. The summed E-state index contributed by atoms with van der Waals surface area (Å²) in [5.41, 5.74) is 0. The number of nitrogens with one attached hydrogen (secondary N) is 2. The van der Waals surface area contributed by atoms with Gasteiger partial charge < -0.3 is 5.41 Å². The Kier molecular flexibility index (Phi) is 6.06. The van der Waals surface area contributed by atoms with E-state index >= 15 is 0 Å². The van der Waals surface area contributed by atoms with Crippen molar-refractivity contribution in [3.63, 3.8) is 0 Å². The molecule has 0 aromatic heterocycles. The number of hydrogen-bond acceptors (Lipinski definition) is 3. The van der Waals surface area contributed by atoms with Gasteiger partial charge in [-0.3, -0.25) is 0 Å². The van der Waals surface area contributed by atoms with Crippen molar-refractivity contribution in [1.29, 1.82) is 5.41 Å². The first-order valence-electron chi connectivity index (χ1n) is 3.61. The van der Waals surface area contributed by atoms with Crippen molar-refractivity contribution in [2.45, 2.75) is 32.2 Å². The lowest BCUT2D eigenvalue weighted by molar-refractivity contribution is 0.581. The first kappa shape index (κ1) is 10.6. The molecule has 0 aromatic rings. The summed E-state index contributed by atoms with van der Waals surface area (Å²) in [6.45, 7) is 2.03. The fraction of sp³-hybridized carbons (Fsp3) is 0.833. The second-order valence-electron chi connectivity index (χ2n) is 2.30. The van der Waals surface area contributed by atoms with Gasteiger partial charge in [-0.2, -0.15) is 0 Å². The summed E-state index contributed by atoms with van der Waals surface area (Å²) >= 11 is 0. The summed E-state index contributed by atoms with van der Waals surface area (Å²) in [5, 5.41) is 6.88. The van der Waals surface area contributed by atoms with Crippen molar-refractivity contribution in [3.05, 3.63) is 0 Å². The van der Waals surface area contributed by atoms with Crippen LogP contribution in [0.1, 0.15) is 26.2 Å². The smallest absolute Gasteiger partial charge is 0.202 e. The molecule has 4 nitrogen and oxygen atoms in total. The number of hydrogen-bond donors (Lipinski definition) is 3. The van der Waals surface area contributed by atoms with Crippen LogP contribution >= 0.6 is 0 Å². The minimum atomic E-state index is -2.56. The molecule has 0 aliphatic carbocycles. The van der Waals surface area contributed by atoms with Crippen LogP contribution < -0.4 is 4.72 Å². The molecule has 0 radical (unpaired) electrons. The van der Waals surface area contributed by atoms with Gasteiger partial charge in [-0.25, -0.2) is 13.1 Å². The number of thiol groups is 1. The largest absolute Gasteiger partial charge is 0.311 e. The van der Waals surface area contributed by atoms with Gasteiger partial charge in [0.1, 0.15) is 0 Å². The van der Waals surface area contributed by atoms with Gasteiger partial charge in [0.25, 0.3) is 0 Å². The minimum Gasteiger partial charge on any atom is -0.311 e. The van der Waals surface area contributed by atoms with Crippen LogP contribution in [-0.2, 0) is 10.9 Å². The SMILES string of the molecule is CCCCC(C=N)N[SH](=O)=O. The Bertz CT molecular complexity index is 171. The molecule has 0 aromatic carbocycles. The number of rotatable bonds is 6. The van der Waals surface area contributed by atoms with Gasteiger partial charge in [-0.1, -0.05) is 19.8 Å². The van der Waals surface area contributed by atoms with Crippen molar-refractivity contribution in [2.75, 3.05) is 0 Å². The third-order valence-electron chi connectivity index (χ3n) is 1.34. The highest BCUT2D eigenvalue weighted by molar-refractivity contribution is 7.70. The van der Waals surface area contributed by atoms with E-state index in [1.165, 1.54) is 0 Å². The summed E-state index contributed by atoms with van der Waals surface area (Å²) in [4.78, 5) is 0. The molecule has 5 heteroatoms. The average Bonchev–Trinajstić information content (AvgIpc) is 1.97. The second kappa shape index (κ2) is 6.30. The van der Waals surface area contributed by atoms with E-state index in [2.05, 4.69) is 4.72 Å². The molecular formula is C6H14N2O2S. The lowest BCUT2D eigenvalue weighted by Crippen LogP contribution is -2.28. The van der Waals surface area contributed by atoms with E-state index < -0.39 is 10.9 Å². The van der Waals surface area contributed by atoms with Crippen molar-refractivity contribution >= 4 is 17.1 Å². The summed E-state index contributed by atoms with van der Waals surface area (Å²) in [6.07, 6.45) is 3.79. The van der Waals surface area contributed by atoms with Gasteiger partial charge in [0.15, 0.2) is 0 Å². The maximum absolute atomic E-state index is 10.2. The molecule has 0 aliphatic rings. The Labute approximate surface area is 68.6 Å². The predicted octanol–water partition coefficient (Wildman–Crippen LogP) is 0.311. The van der Waals surface area contributed by atoms with Crippen LogP contribution in [0.5, 0.6) is 0 Å². The molecule has 0 spiro atoms. The lowest BCUT2D eigenvalue weighted by atomic mass is 10.1. The van der Waals surface area contributed by atoms with Crippen LogP contribution in [0.3, 0.4) is 0 Å². The zero-order valence-electron chi connectivity index (χ0n) is 6.54. The Hall–Kier alpha value is -0.420. The zero-order valence-corrected chi connectivity index (χ0v) is 7.43. The Balaban J connectivity index is 3.66. The van der Waals surface area contributed by atoms with Crippen molar-refractivity contribution in [1.82, 2.24) is 4.72 Å². The van der Waals surface area contributed by atoms with E-state index in [1.807, 2.05) is 6.92 Å². The van der Waals surface area contributed by atoms with Crippen molar-refractivity contribution < 1.29 is 8.42 Å². The van der Waals surface area contributed by atoms with Crippen LogP contribution in [0.2, 0.25) is 0 Å². The predicted molar refractivity (Wildman–Crippen MR) is 45.5 cm³/mol.